The first-order chi connectivity index (χ1) is 8.20. The average Bonchev–Trinajstić information content (AvgIpc) is 2.38. The highest BCUT2D eigenvalue weighted by Crippen LogP contribution is 2.22. The molecular weight excluding hydrogens is 238 g/mol. The molecule has 4 nitrogen and oxygen atoms in total. The van der Waals surface area contributed by atoms with Crippen molar-refractivity contribution in [2.24, 2.45) is 0 Å². The Morgan fingerprint density at radius 1 is 1.47 bits per heavy atom. The number of anilines is 1. The van der Waals surface area contributed by atoms with Crippen molar-refractivity contribution in [2.75, 3.05) is 25.2 Å². The first-order valence-electron chi connectivity index (χ1n) is 5.59. The Morgan fingerprint density at radius 2 is 2.18 bits per heavy atom. The molecule has 1 aliphatic heterocycles. The summed E-state index contributed by atoms with van der Waals surface area (Å²) >= 11 is 5.90. The van der Waals surface area contributed by atoms with Crippen LogP contribution in [-0.2, 0) is 4.74 Å². The number of rotatable bonds is 2. The topological polar surface area (TPSA) is 49.2 Å². The van der Waals surface area contributed by atoms with Gasteiger partial charge in [-0.15, -0.1) is 0 Å². The number of hydrogen-bond donors (Lipinski definition) is 0. The Bertz CT molecular complexity index is 438. The van der Waals surface area contributed by atoms with E-state index in [4.69, 9.17) is 21.6 Å². The molecule has 1 aromatic rings. The largest absolute Gasteiger partial charge is 0.381 e. The number of nitrogens with zero attached hydrogens (tertiary/aromatic N) is 3. The maximum Gasteiger partial charge on any atom is 0.132 e. The molecule has 0 unspecified atom stereocenters. The average molecular weight is 252 g/mol. The van der Waals surface area contributed by atoms with E-state index < -0.39 is 0 Å². The third-order valence-electron chi connectivity index (χ3n) is 3.01. The smallest absolute Gasteiger partial charge is 0.132 e. The zero-order valence-electron chi connectivity index (χ0n) is 9.69. The zero-order chi connectivity index (χ0) is 12.3. The first kappa shape index (κ1) is 12.2. The molecule has 1 saturated heterocycles. The SMILES string of the molecule is CN(c1cc(C#N)cc(Cl)n1)C1CCOCC1. The lowest BCUT2D eigenvalue weighted by atomic mass is 10.1. The second kappa shape index (κ2) is 5.35. The van der Waals surface area contributed by atoms with Crippen molar-refractivity contribution < 1.29 is 4.74 Å². The number of aromatic nitrogens is 1. The molecular formula is C12H14ClN3O. The van der Waals surface area contributed by atoms with Gasteiger partial charge in [-0.25, -0.2) is 4.98 Å². The van der Waals surface area contributed by atoms with Crippen LogP contribution in [0.2, 0.25) is 5.15 Å². The lowest BCUT2D eigenvalue weighted by Gasteiger charge is -2.32. The molecule has 17 heavy (non-hydrogen) atoms. The van der Waals surface area contributed by atoms with E-state index in [1.54, 1.807) is 12.1 Å². The van der Waals surface area contributed by atoms with E-state index in [9.17, 15) is 0 Å². The summed E-state index contributed by atoms with van der Waals surface area (Å²) in [4.78, 5) is 6.33. The quantitative estimate of drug-likeness (QED) is 0.757. The molecule has 0 aliphatic carbocycles. The van der Waals surface area contributed by atoms with Crippen molar-refractivity contribution in [1.29, 1.82) is 5.26 Å². The minimum Gasteiger partial charge on any atom is -0.381 e. The van der Waals surface area contributed by atoms with Crippen molar-refractivity contribution in [3.05, 3.63) is 22.8 Å². The summed E-state index contributed by atoms with van der Waals surface area (Å²) in [5, 5.41) is 9.26. The molecule has 1 aliphatic rings. The van der Waals surface area contributed by atoms with E-state index in [-0.39, 0.29) is 0 Å². The van der Waals surface area contributed by atoms with Gasteiger partial charge in [-0.05, 0) is 25.0 Å². The van der Waals surface area contributed by atoms with Gasteiger partial charge in [-0.2, -0.15) is 5.26 Å². The highest BCUT2D eigenvalue weighted by Gasteiger charge is 2.20. The summed E-state index contributed by atoms with van der Waals surface area (Å²) < 4.78 is 5.33. The molecule has 5 heteroatoms. The van der Waals surface area contributed by atoms with Gasteiger partial charge in [0.2, 0.25) is 0 Å². The summed E-state index contributed by atoms with van der Waals surface area (Å²) in [7, 11) is 1.98. The Kier molecular flexibility index (Phi) is 3.82. The van der Waals surface area contributed by atoms with Crippen LogP contribution in [-0.4, -0.2) is 31.3 Å². The highest BCUT2D eigenvalue weighted by molar-refractivity contribution is 6.29. The van der Waals surface area contributed by atoms with Crippen LogP contribution in [0, 0.1) is 11.3 Å². The third-order valence-corrected chi connectivity index (χ3v) is 3.20. The predicted molar refractivity (Wildman–Crippen MR) is 66.2 cm³/mol. The number of halogens is 1. The number of pyridine rings is 1. The van der Waals surface area contributed by atoms with E-state index in [1.165, 1.54) is 0 Å². The second-order valence-electron chi connectivity index (χ2n) is 4.10. The van der Waals surface area contributed by atoms with E-state index in [1.807, 2.05) is 7.05 Å². The minimum atomic E-state index is 0.359. The minimum absolute atomic E-state index is 0.359. The second-order valence-corrected chi connectivity index (χ2v) is 4.49. The Hall–Kier alpha value is -1.31. The van der Waals surface area contributed by atoms with Crippen LogP contribution in [0.5, 0.6) is 0 Å². The van der Waals surface area contributed by atoms with Crippen LogP contribution in [0.15, 0.2) is 12.1 Å². The molecule has 0 aromatic carbocycles. The lowest BCUT2D eigenvalue weighted by molar-refractivity contribution is 0.0853. The highest BCUT2D eigenvalue weighted by atomic mass is 35.5. The van der Waals surface area contributed by atoms with Crippen LogP contribution in [0.4, 0.5) is 5.82 Å². The van der Waals surface area contributed by atoms with Crippen molar-refractivity contribution in [3.8, 4) is 6.07 Å². The van der Waals surface area contributed by atoms with Gasteiger partial charge in [0.25, 0.3) is 0 Å². The molecule has 0 spiro atoms. The standard InChI is InChI=1S/C12H14ClN3O/c1-16(10-2-4-17-5-3-10)12-7-9(8-14)6-11(13)15-12/h6-7,10H,2-5H2,1H3. The van der Waals surface area contributed by atoms with E-state index in [0.29, 0.717) is 16.8 Å². The molecule has 2 rings (SSSR count). The molecule has 0 N–H and O–H groups in total. The summed E-state index contributed by atoms with van der Waals surface area (Å²) in [5.41, 5.74) is 0.541. The summed E-state index contributed by atoms with van der Waals surface area (Å²) in [5.74, 6) is 0.751. The molecule has 1 aromatic heterocycles. The van der Waals surface area contributed by atoms with Gasteiger partial charge >= 0.3 is 0 Å². The Labute approximate surface area is 106 Å². The first-order valence-corrected chi connectivity index (χ1v) is 5.97. The van der Waals surface area contributed by atoms with Crippen molar-refractivity contribution in [3.63, 3.8) is 0 Å². The number of hydrogen-bond acceptors (Lipinski definition) is 4. The molecule has 0 saturated carbocycles. The van der Waals surface area contributed by atoms with E-state index in [2.05, 4.69) is 16.0 Å². The van der Waals surface area contributed by atoms with Gasteiger partial charge in [-0.1, -0.05) is 11.6 Å². The van der Waals surface area contributed by atoms with Crippen molar-refractivity contribution in [1.82, 2.24) is 4.98 Å². The number of ether oxygens (including phenoxy) is 1. The zero-order valence-corrected chi connectivity index (χ0v) is 10.4. The van der Waals surface area contributed by atoms with Gasteiger partial charge in [-0.3, -0.25) is 0 Å². The van der Waals surface area contributed by atoms with Crippen LogP contribution >= 0.6 is 11.6 Å². The maximum atomic E-state index is 8.90. The normalized spacial score (nSPS) is 16.5. The number of nitriles is 1. The fourth-order valence-corrected chi connectivity index (χ4v) is 2.19. The molecule has 90 valence electrons. The fraction of sp³-hybridized carbons (Fsp3) is 0.500. The summed E-state index contributed by atoms with van der Waals surface area (Å²) in [6, 6.07) is 5.83. The van der Waals surface area contributed by atoms with Gasteiger partial charge in [0, 0.05) is 26.3 Å². The van der Waals surface area contributed by atoms with Crippen molar-refractivity contribution >= 4 is 17.4 Å². The van der Waals surface area contributed by atoms with Gasteiger partial charge < -0.3 is 9.64 Å². The van der Waals surface area contributed by atoms with Gasteiger partial charge in [0.15, 0.2) is 0 Å². The Morgan fingerprint density at radius 3 is 2.82 bits per heavy atom. The van der Waals surface area contributed by atoms with Crippen LogP contribution in [0.3, 0.4) is 0 Å². The molecule has 0 radical (unpaired) electrons. The molecule has 0 amide bonds. The van der Waals surface area contributed by atoms with E-state index >= 15 is 0 Å². The molecule has 1 fully saturated rings. The van der Waals surface area contributed by atoms with Crippen LogP contribution in [0.25, 0.3) is 0 Å². The lowest BCUT2D eigenvalue weighted by Crippen LogP contribution is -2.37. The molecule has 0 bridgehead atoms. The summed E-state index contributed by atoms with van der Waals surface area (Å²) in [6.07, 6.45) is 1.96. The maximum absolute atomic E-state index is 8.90. The molecule has 2 heterocycles. The molecule has 0 atom stereocenters. The Balaban J connectivity index is 2.20. The third kappa shape index (κ3) is 2.87. The predicted octanol–water partition coefficient (Wildman–Crippen LogP) is 2.22. The van der Waals surface area contributed by atoms with Gasteiger partial charge in [0.1, 0.15) is 11.0 Å². The monoisotopic (exact) mass is 251 g/mol. The van der Waals surface area contributed by atoms with E-state index in [0.717, 1.165) is 31.9 Å². The fourth-order valence-electron chi connectivity index (χ4n) is 1.99. The van der Waals surface area contributed by atoms with Gasteiger partial charge in [0.05, 0.1) is 11.6 Å². The van der Waals surface area contributed by atoms with Crippen molar-refractivity contribution in [2.45, 2.75) is 18.9 Å². The van der Waals surface area contributed by atoms with Crippen LogP contribution < -0.4 is 4.90 Å². The summed E-state index contributed by atoms with van der Waals surface area (Å²) in [6.45, 7) is 1.56. The van der Waals surface area contributed by atoms with Crippen LogP contribution in [0.1, 0.15) is 18.4 Å².